The van der Waals surface area contributed by atoms with Crippen LogP contribution < -0.4 is 9.62 Å². The lowest BCUT2D eigenvalue weighted by Gasteiger charge is -2.27. The second-order valence-electron chi connectivity index (χ2n) is 5.45. The molecule has 22 heavy (non-hydrogen) atoms. The third-order valence-corrected chi connectivity index (χ3v) is 4.72. The fraction of sp³-hybridized carbons (Fsp3) is 0.294. The minimum Gasteiger partial charge on any atom is -0.367 e. The summed E-state index contributed by atoms with van der Waals surface area (Å²) in [6, 6.07) is 12.7. The topological polar surface area (TPSA) is 15.3 Å². The standard InChI is InChI=1S/C17H18F2N2S/c1-12(21-9-8-13-4-2-3-5-17(13)21)11-20-22-14-6-7-15(18)16(19)10-14/h2-7,10,12,20H,8-9,11H2,1H3. The number of para-hydroxylation sites is 1. The SMILES string of the molecule is CC(CNSc1ccc(F)c(F)c1)N1CCc2ccccc21. The van der Waals surface area contributed by atoms with Gasteiger partial charge in [-0.15, -0.1) is 0 Å². The number of nitrogens with one attached hydrogen (secondary N) is 1. The Hall–Kier alpha value is -1.59. The third kappa shape index (κ3) is 3.25. The van der Waals surface area contributed by atoms with Gasteiger partial charge in [0.05, 0.1) is 0 Å². The molecule has 2 nitrogen and oxygen atoms in total. The summed E-state index contributed by atoms with van der Waals surface area (Å²) in [6.07, 6.45) is 1.08. The minimum atomic E-state index is -0.814. The molecular formula is C17H18F2N2S. The average molecular weight is 320 g/mol. The molecule has 116 valence electrons. The van der Waals surface area contributed by atoms with Gasteiger partial charge in [0.2, 0.25) is 0 Å². The number of benzene rings is 2. The van der Waals surface area contributed by atoms with E-state index in [-0.39, 0.29) is 0 Å². The van der Waals surface area contributed by atoms with Crippen LogP contribution in [-0.4, -0.2) is 19.1 Å². The lowest BCUT2D eigenvalue weighted by Crippen LogP contribution is -2.37. The van der Waals surface area contributed by atoms with Crippen LogP contribution in [0, 0.1) is 11.6 Å². The lowest BCUT2D eigenvalue weighted by atomic mass is 10.2. The predicted octanol–water partition coefficient (Wildman–Crippen LogP) is 4.01. The van der Waals surface area contributed by atoms with Crippen LogP contribution >= 0.6 is 11.9 Å². The molecule has 0 fully saturated rings. The van der Waals surface area contributed by atoms with Gasteiger partial charge in [0, 0.05) is 29.7 Å². The van der Waals surface area contributed by atoms with Gasteiger partial charge in [-0.25, -0.2) is 8.78 Å². The van der Waals surface area contributed by atoms with Crippen molar-refractivity contribution < 1.29 is 8.78 Å². The molecule has 1 unspecified atom stereocenters. The van der Waals surface area contributed by atoms with Crippen molar-refractivity contribution >= 4 is 17.6 Å². The van der Waals surface area contributed by atoms with Crippen molar-refractivity contribution in [2.45, 2.75) is 24.3 Å². The number of hydrogen-bond acceptors (Lipinski definition) is 3. The van der Waals surface area contributed by atoms with E-state index in [1.54, 1.807) is 6.07 Å². The maximum atomic E-state index is 13.2. The van der Waals surface area contributed by atoms with Crippen LogP contribution in [0.3, 0.4) is 0 Å². The zero-order valence-electron chi connectivity index (χ0n) is 12.4. The first kappa shape index (κ1) is 15.3. The van der Waals surface area contributed by atoms with Crippen LogP contribution in [-0.2, 0) is 6.42 Å². The molecule has 5 heteroatoms. The molecule has 0 aliphatic carbocycles. The van der Waals surface area contributed by atoms with E-state index in [1.165, 1.54) is 29.3 Å². The van der Waals surface area contributed by atoms with E-state index < -0.39 is 11.6 Å². The van der Waals surface area contributed by atoms with Crippen LogP contribution in [0.2, 0.25) is 0 Å². The fourth-order valence-electron chi connectivity index (χ4n) is 2.72. The smallest absolute Gasteiger partial charge is 0.159 e. The molecule has 2 aromatic carbocycles. The number of fused-ring (bicyclic) bond motifs is 1. The van der Waals surface area contributed by atoms with Crippen LogP contribution in [0.5, 0.6) is 0 Å². The maximum Gasteiger partial charge on any atom is 0.159 e. The van der Waals surface area contributed by atoms with Gasteiger partial charge in [0.25, 0.3) is 0 Å². The molecule has 0 aromatic heterocycles. The highest BCUT2D eigenvalue weighted by Crippen LogP contribution is 2.29. The highest BCUT2D eigenvalue weighted by atomic mass is 32.2. The van der Waals surface area contributed by atoms with Crippen molar-refractivity contribution in [1.29, 1.82) is 0 Å². The Balaban J connectivity index is 1.55. The van der Waals surface area contributed by atoms with Crippen molar-refractivity contribution in [3.8, 4) is 0 Å². The third-order valence-electron chi connectivity index (χ3n) is 3.91. The lowest BCUT2D eigenvalue weighted by molar-refractivity contribution is 0.506. The summed E-state index contributed by atoms with van der Waals surface area (Å²) in [4.78, 5) is 3.06. The number of halogens is 2. The summed E-state index contributed by atoms with van der Waals surface area (Å²) in [5, 5.41) is 0. The molecule has 1 aliphatic rings. The molecule has 0 saturated carbocycles. The molecule has 2 aromatic rings. The number of anilines is 1. The minimum absolute atomic E-state index is 0.335. The Morgan fingerprint density at radius 1 is 1.18 bits per heavy atom. The Morgan fingerprint density at radius 2 is 2.00 bits per heavy atom. The van der Waals surface area contributed by atoms with E-state index in [0.29, 0.717) is 10.9 Å². The summed E-state index contributed by atoms with van der Waals surface area (Å²) in [5.41, 5.74) is 2.69. The van der Waals surface area contributed by atoms with Crippen molar-refractivity contribution in [2.24, 2.45) is 0 Å². The zero-order chi connectivity index (χ0) is 15.5. The molecule has 1 aliphatic heterocycles. The molecule has 1 heterocycles. The Kier molecular flexibility index (Phi) is 4.64. The molecular weight excluding hydrogens is 302 g/mol. The van der Waals surface area contributed by atoms with Gasteiger partial charge >= 0.3 is 0 Å². The van der Waals surface area contributed by atoms with Gasteiger partial charge in [-0.1, -0.05) is 18.2 Å². The molecule has 1 atom stereocenters. The van der Waals surface area contributed by atoms with Crippen molar-refractivity contribution in [3.63, 3.8) is 0 Å². The molecule has 0 spiro atoms. The Bertz CT molecular complexity index is 663. The van der Waals surface area contributed by atoms with Crippen LogP contribution in [0.4, 0.5) is 14.5 Å². The van der Waals surface area contributed by atoms with E-state index >= 15 is 0 Å². The highest BCUT2D eigenvalue weighted by Gasteiger charge is 2.22. The molecule has 3 rings (SSSR count). The zero-order valence-corrected chi connectivity index (χ0v) is 13.2. The largest absolute Gasteiger partial charge is 0.367 e. The van der Waals surface area contributed by atoms with E-state index in [1.807, 2.05) is 0 Å². The first-order chi connectivity index (χ1) is 10.6. The van der Waals surface area contributed by atoms with E-state index in [2.05, 4.69) is 40.8 Å². The molecule has 0 saturated heterocycles. The Labute approximate surface area is 133 Å². The summed E-state index contributed by atoms with van der Waals surface area (Å²) in [6.45, 7) is 3.96. The highest BCUT2D eigenvalue weighted by molar-refractivity contribution is 7.97. The normalized spacial score (nSPS) is 15.0. The van der Waals surface area contributed by atoms with Crippen LogP contribution in [0.25, 0.3) is 0 Å². The van der Waals surface area contributed by atoms with Crippen molar-refractivity contribution in [2.75, 3.05) is 18.0 Å². The number of rotatable bonds is 5. The second kappa shape index (κ2) is 6.67. The monoisotopic (exact) mass is 320 g/mol. The first-order valence-corrected chi connectivity index (χ1v) is 8.16. The molecule has 0 bridgehead atoms. The van der Waals surface area contributed by atoms with E-state index in [9.17, 15) is 8.78 Å². The summed E-state index contributed by atoms with van der Waals surface area (Å²) in [7, 11) is 0. The van der Waals surface area contributed by atoms with Gasteiger partial charge in [-0.05, 0) is 55.1 Å². The van der Waals surface area contributed by atoms with Crippen molar-refractivity contribution in [3.05, 3.63) is 59.7 Å². The second-order valence-corrected chi connectivity index (χ2v) is 6.41. The number of nitrogens with zero attached hydrogens (tertiary/aromatic N) is 1. The summed E-state index contributed by atoms with van der Waals surface area (Å²) in [5.74, 6) is -1.63. The van der Waals surface area contributed by atoms with E-state index in [0.717, 1.165) is 25.6 Å². The number of hydrogen-bond donors (Lipinski definition) is 1. The fourth-order valence-corrected chi connectivity index (χ4v) is 3.51. The van der Waals surface area contributed by atoms with Gasteiger partial charge in [-0.2, -0.15) is 0 Å². The van der Waals surface area contributed by atoms with Crippen LogP contribution in [0.1, 0.15) is 12.5 Å². The van der Waals surface area contributed by atoms with Crippen molar-refractivity contribution in [1.82, 2.24) is 4.72 Å². The quantitative estimate of drug-likeness (QED) is 0.838. The maximum absolute atomic E-state index is 13.2. The summed E-state index contributed by atoms with van der Waals surface area (Å²) < 4.78 is 29.3. The van der Waals surface area contributed by atoms with Gasteiger partial charge in [-0.3, -0.25) is 4.72 Å². The molecule has 1 N–H and O–H groups in total. The average Bonchev–Trinajstić information content (AvgIpc) is 2.95. The Morgan fingerprint density at radius 3 is 2.82 bits per heavy atom. The van der Waals surface area contributed by atoms with E-state index in [4.69, 9.17) is 0 Å². The summed E-state index contributed by atoms with van der Waals surface area (Å²) >= 11 is 1.33. The van der Waals surface area contributed by atoms with Gasteiger partial charge < -0.3 is 4.90 Å². The van der Waals surface area contributed by atoms with Crippen LogP contribution in [0.15, 0.2) is 47.4 Å². The molecule has 0 amide bonds. The predicted molar refractivity (Wildman–Crippen MR) is 87.2 cm³/mol. The first-order valence-electron chi connectivity index (χ1n) is 7.34. The molecule has 0 radical (unpaired) electrons. The van der Waals surface area contributed by atoms with Gasteiger partial charge in [0.1, 0.15) is 0 Å². The van der Waals surface area contributed by atoms with Gasteiger partial charge in [0.15, 0.2) is 11.6 Å².